The lowest BCUT2D eigenvalue weighted by Gasteiger charge is -2.31. The van der Waals surface area contributed by atoms with Crippen LogP contribution in [0.2, 0.25) is 0 Å². The van der Waals surface area contributed by atoms with Crippen molar-refractivity contribution in [3.63, 3.8) is 0 Å². The van der Waals surface area contributed by atoms with Gasteiger partial charge in [0.25, 0.3) is 0 Å². The van der Waals surface area contributed by atoms with Crippen molar-refractivity contribution in [1.29, 1.82) is 0 Å². The minimum absolute atomic E-state index is 0.354. The first-order valence-electron chi connectivity index (χ1n) is 10.5. The van der Waals surface area contributed by atoms with E-state index in [0.717, 1.165) is 42.3 Å². The molecular weight excluding hydrogens is 412 g/mol. The SMILES string of the molecule is CCOc1ccc(NC(=O)C(=O)NCC2CCN(c3nc4ccccc4s3)CC2)cc1. The van der Waals surface area contributed by atoms with Crippen LogP contribution in [-0.2, 0) is 9.59 Å². The molecule has 2 heterocycles. The third-order valence-corrected chi connectivity index (χ3v) is 6.45. The number of anilines is 2. The van der Waals surface area contributed by atoms with Crippen LogP contribution in [-0.4, -0.2) is 43.0 Å². The fourth-order valence-electron chi connectivity index (χ4n) is 3.63. The largest absolute Gasteiger partial charge is 0.494 e. The second kappa shape index (κ2) is 9.78. The Morgan fingerprint density at radius 2 is 1.84 bits per heavy atom. The van der Waals surface area contributed by atoms with Gasteiger partial charge in [0.1, 0.15) is 5.75 Å². The molecule has 1 aliphatic rings. The molecule has 4 rings (SSSR count). The smallest absolute Gasteiger partial charge is 0.313 e. The Kier molecular flexibility index (Phi) is 6.66. The number of nitrogens with one attached hydrogen (secondary N) is 2. The highest BCUT2D eigenvalue weighted by molar-refractivity contribution is 7.22. The van der Waals surface area contributed by atoms with Crippen molar-refractivity contribution in [2.75, 3.05) is 36.5 Å². The molecule has 1 fully saturated rings. The maximum Gasteiger partial charge on any atom is 0.313 e. The molecule has 1 aromatic heterocycles. The number of amides is 2. The van der Waals surface area contributed by atoms with Gasteiger partial charge < -0.3 is 20.3 Å². The Morgan fingerprint density at radius 1 is 1.10 bits per heavy atom. The van der Waals surface area contributed by atoms with Gasteiger partial charge in [0.15, 0.2) is 5.13 Å². The summed E-state index contributed by atoms with van der Waals surface area (Å²) in [5.74, 6) is -0.187. The first kappa shape index (κ1) is 21.1. The van der Waals surface area contributed by atoms with E-state index in [1.54, 1.807) is 35.6 Å². The predicted octanol–water partition coefficient (Wildman–Crippen LogP) is 3.67. The summed E-state index contributed by atoms with van der Waals surface area (Å²) in [7, 11) is 0. The molecule has 162 valence electrons. The van der Waals surface area contributed by atoms with E-state index in [1.807, 2.05) is 25.1 Å². The Hall–Kier alpha value is -3.13. The van der Waals surface area contributed by atoms with E-state index < -0.39 is 11.8 Å². The lowest BCUT2D eigenvalue weighted by Crippen LogP contribution is -2.41. The van der Waals surface area contributed by atoms with Crippen LogP contribution >= 0.6 is 11.3 Å². The third-order valence-electron chi connectivity index (χ3n) is 5.35. The molecule has 1 aliphatic heterocycles. The lowest BCUT2D eigenvalue weighted by molar-refractivity contribution is -0.136. The quantitative estimate of drug-likeness (QED) is 0.574. The van der Waals surface area contributed by atoms with Crippen LogP contribution in [0.15, 0.2) is 48.5 Å². The van der Waals surface area contributed by atoms with Crippen molar-refractivity contribution < 1.29 is 14.3 Å². The highest BCUT2D eigenvalue weighted by atomic mass is 32.1. The summed E-state index contributed by atoms with van der Waals surface area (Å²) in [5, 5.41) is 6.45. The van der Waals surface area contributed by atoms with E-state index in [0.29, 0.717) is 24.8 Å². The second-order valence-corrected chi connectivity index (χ2v) is 8.53. The van der Waals surface area contributed by atoms with E-state index in [2.05, 4.69) is 21.6 Å². The summed E-state index contributed by atoms with van der Waals surface area (Å²) in [6.45, 7) is 4.79. The van der Waals surface area contributed by atoms with Crippen molar-refractivity contribution in [2.24, 2.45) is 5.92 Å². The number of benzene rings is 2. The standard InChI is InChI=1S/C23H26N4O3S/c1-2-30-18-9-7-17(8-10-18)25-22(29)21(28)24-15-16-11-13-27(14-12-16)23-26-19-5-3-4-6-20(19)31-23/h3-10,16H,2,11-15H2,1H3,(H,24,28)(H,25,29). The highest BCUT2D eigenvalue weighted by Crippen LogP contribution is 2.31. The Morgan fingerprint density at radius 3 is 2.55 bits per heavy atom. The predicted molar refractivity (Wildman–Crippen MR) is 124 cm³/mol. The van der Waals surface area contributed by atoms with Crippen LogP contribution in [0.5, 0.6) is 5.75 Å². The zero-order valence-electron chi connectivity index (χ0n) is 17.5. The normalized spacial score (nSPS) is 14.4. The molecule has 0 aliphatic carbocycles. The summed E-state index contributed by atoms with van der Waals surface area (Å²) in [4.78, 5) is 31.4. The molecule has 1 saturated heterocycles. The van der Waals surface area contributed by atoms with Gasteiger partial charge in [0.05, 0.1) is 16.8 Å². The minimum Gasteiger partial charge on any atom is -0.494 e. The van der Waals surface area contributed by atoms with E-state index >= 15 is 0 Å². The molecule has 31 heavy (non-hydrogen) atoms. The van der Waals surface area contributed by atoms with Gasteiger partial charge in [-0.25, -0.2) is 4.98 Å². The maximum atomic E-state index is 12.2. The monoisotopic (exact) mass is 438 g/mol. The second-order valence-electron chi connectivity index (χ2n) is 7.52. The molecule has 0 unspecified atom stereocenters. The van der Waals surface area contributed by atoms with Crippen LogP contribution in [0, 0.1) is 5.92 Å². The lowest BCUT2D eigenvalue weighted by atomic mass is 9.97. The number of hydrogen-bond donors (Lipinski definition) is 2. The first-order valence-corrected chi connectivity index (χ1v) is 11.4. The van der Waals surface area contributed by atoms with Crippen molar-refractivity contribution >= 4 is 44.2 Å². The van der Waals surface area contributed by atoms with Crippen LogP contribution in [0.1, 0.15) is 19.8 Å². The molecular formula is C23H26N4O3S. The Labute approximate surface area is 185 Å². The summed E-state index contributed by atoms with van der Waals surface area (Å²) in [6.07, 6.45) is 1.91. The fraction of sp³-hybridized carbons (Fsp3) is 0.348. The Bertz CT molecular complexity index is 1010. The molecule has 0 atom stereocenters. The number of aromatic nitrogens is 1. The van der Waals surface area contributed by atoms with E-state index in [-0.39, 0.29) is 0 Å². The summed E-state index contributed by atoms with van der Waals surface area (Å²) < 4.78 is 6.57. The zero-order valence-corrected chi connectivity index (χ0v) is 18.3. The molecule has 2 amide bonds. The molecule has 2 aromatic carbocycles. The van der Waals surface area contributed by atoms with Crippen LogP contribution < -0.4 is 20.3 Å². The number of rotatable bonds is 6. The van der Waals surface area contributed by atoms with Gasteiger partial charge in [-0.15, -0.1) is 0 Å². The van der Waals surface area contributed by atoms with E-state index in [4.69, 9.17) is 9.72 Å². The number of hydrogen-bond acceptors (Lipinski definition) is 6. The van der Waals surface area contributed by atoms with Crippen molar-refractivity contribution in [2.45, 2.75) is 19.8 Å². The van der Waals surface area contributed by atoms with Crippen LogP contribution in [0.3, 0.4) is 0 Å². The average molecular weight is 439 g/mol. The van der Waals surface area contributed by atoms with Crippen molar-refractivity contribution in [1.82, 2.24) is 10.3 Å². The molecule has 0 spiro atoms. The number of carbonyl (C=O) groups is 2. The Balaban J connectivity index is 1.21. The molecule has 0 radical (unpaired) electrons. The number of ether oxygens (including phenoxy) is 1. The summed E-state index contributed by atoms with van der Waals surface area (Å²) in [6, 6.07) is 15.1. The zero-order chi connectivity index (χ0) is 21.6. The molecule has 7 nitrogen and oxygen atoms in total. The van der Waals surface area contributed by atoms with Crippen molar-refractivity contribution in [3.8, 4) is 5.75 Å². The topological polar surface area (TPSA) is 83.6 Å². The summed E-state index contributed by atoms with van der Waals surface area (Å²) >= 11 is 1.72. The number of para-hydroxylation sites is 1. The molecule has 8 heteroatoms. The molecule has 0 bridgehead atoms. The summed E-state index contributed by atoms with van der Waals surface area (Å²) in [5.41, 5.74) is 1.60. The van der Waals surface area contributed by atoms with Gasteiger partial charge in [-0.2, -0.15) is 0 Å². The van der Waals surface area contributed by atoms with Gasteiger partial charge >= 0.3 is 11.8 Å². The van der Waals surface area contributed by atoms with E-state index in [1.165, 1.54) is 4.70 Å². The van der Waals surface area contributed by atoms with Gasteiger partial charge in [-0.1, -0.05) is 23.5 Å². The number of fused-ring (bicyclic) bond motifs is 1. The van der Waals surface area contributed by atoms with E-state index in [9.17, 15) is 9.59 Å². The first-order chi connectivity index (χ1) is 15.1. The van der Waals surface area contributed by atoms with Crippen LogP contribution in [0.4, 0.5) is 10.8 Å². The number of piperidine rings is 1. The van der Waals surface area contributed by atoms with Crippen LogP contribution in [0.25, 0.3) is 10.2 Å². The van der Waals surface area contributed by atoms with Crippen molar-refractivity contribution in [3.05, 3.63) is 48.5 Å². The molecule has 3 aromatic rings. The average Bonchev–Trinajstić information content (AvgIpc) is 3.23. The third kappa shape index (κ3) is 5.32. The molecule has 0 saturated carbocycles. The highest BCUT2D eigenvalue weighted by Gasteiger charge is 2.23. The fourth-order valence-corrected chi connectivity index (χ4v) is 4.65. The maximum absolute atomic E-state index is 12.2. The van der Waals surface area contributed by atoms with Gasteiger partial charge in [-0.3, -0.25) is 9.59 Å². The molecule has 2 N–H and O–H groups in total. The number of thiazole rings is 1. The number of nitrogens with zero attached hydrogens (tertiary/aromatic N) is 2. The number of carbonyl (C=O) groups excluding carboxylic acids is 2. The van der Waals surface area contributed by atoms with Gasteiger partial charge in [0.2, 0.25) is 0 Å². The van der Waals surface area contributed by atoms with Gasteiger partial charge in [0, 0.05) is 25.3 Å². The minimum atomic E-state index is -0.656. The van der Waals surface area contributed by atoms with Gasteiger partial charge in [-0.05, 0) is 62.1 Å².